The Morgan fingerprint density at radius 3 is 1.84 bits per heavy atom. The van der Waals surface area contributed by atoms with Gasteiger partial charge in [0.05, 0.1) is 26.7 Å². The summed E-state index contributed by atoms with van der Waals surface area (Å²) in [5.41, 5.74) is 0.389. The van der Waals surface area contributed by atoms with Crippen LogP contribution in [0.4, 0.5) is 22.7 Å². The molecule has 0 aromatic heterocycles. The molecule has 1 aliphatic heterocycles. The van der Waals surface area contributed by atoms with Crippen molar-refractivity contribution >= 4 is 40.5 Å². The number of benzene rings is 3. The highest BCUT2D eigenvalue weighted by molar-refractivity contribution is 6.34. The van der Waals surface area contributed by atoms with Crippen molar-refractivity contribution < 1.29 is 24.2 Å². The zero-order valence-corrected chi connectivity index (χ0v) is 16.1. The molecule has 0 aliphatic carbocycles. The number of hydrogen-bond acceptors (Lipinski definition) is 7. The summed E-state index contributed by atoms with van der Waals surface area (Å²) in [6.07, 6.45) is 0. The van der Waals surface area contributed by atoms with E-state index < -0.39 is 27.6 Å². The van der Waals surface area contributed by atoms with Crippen molar-refractivity contribution in [3.05, 3.63) is 104 Å². The number of amides is 3. The van der Waals surface area contributed by atoms with Crippen LogP contribution in [0.2, 0.25) is 0 Å². The fraction of sp³-hybridized carbons (Fsp3) is 0. The monoisotopic (exact) mass is 432 g/mol. The van der Waals surface area contributed by atoms with E-state index in [1.54, 1.807) is 0 Å². The van der Waals surface area contributed by atoms with E-state index >= 15 is 0 Å². The van der Waals surface area contributed by atoms with Crippen molar-refractivity contribution in [2.45, 2.75) is 0 Å². The predicted octanol–water partition coefficient (Wildman–Crippen LogP) is 3.56. The average Bonchev–Trinajstić information content (AvgIpc) is 3.03. The van der Waals surface area contributed by atoms with Crippen LogP contribution >= 0.6 is 0 Å². The lowest BCUT2D eigenvalue weighted by Gasteiger charge is -2.13. The lowest BCUT2D eigenvalue weighted by Crippen LogP contribution is -2.29. The van der Waals surface area contributed by atoms with Gasteiger partial charge in [-0.05, 0) is 42.5 Å². The second kappa shape index (κ2) is 7.72. The first-order chi connectivity index (χ1) is 15.3. The molecule has 0 radical (unpaired) electrons. The summed E-state index contributed by atoms with van der Waals surface area (Å²) < 4.78 is 0. The Kier molecular flexibility index (Phi) is 4.91. The molecule has 3 aromatic rings. The zero-order chi connectivity index (χ0) is 23.0. The number of carbonyl (C=O) groups excluding carboxylic acids is 3. The normalized spacial score (nSPS) is 12.4. The van der Waals surface area contributed by atoms with Crippen molar-refractivity contribution in [3.63, 3.8) is 0 Å². The van der Waals surface area contributed by atoms with Gasteiger partial charge in [0.25, 0.3) is 29.1 Å². The standard InChI is InChI=1S/C21H12N4O7/c26-19(22-13-2-4-15(5-3-13)24(29)30)12-1-10-17-18(11-12)21(28)23(20(17)27)14-6-8-16(9-7-14)25(31)32/h1-11H,(H,22,26). The molecule has 0 saturated carbocycles. The summed E-state index contributed by atoms with van der Waals surface area (Å²) in [4.78, 5) is 59.3. The third-order valence-electron chi connectivity index (χ3n) is 4.80. The van der Waals surface area contributed by atoms with Gasteiger partial charge in [0, 0.05) is 35.5 Å². The number of imide groups is 1. The lowest BCUT2D eigenvalue weighted by atomic mass is 10.1. The van der Waals surface area contributed by atoms with Crippen LogP contribution < -0.4 is 10.2 Å². The van der Waals surface area contributed by atoms with Crippen molar-refractivity contribution in [1.82, 2.24) is 0 Å². The topological polar surface area (TPSA) is 153 Å². The molecule has 3 aromatic carbocycles. The highest BCUT2D eigenvalue weighted by Crippen LogP contribution is 2.30. The Hall–Kier alpha value is -4.93. The molecule has 0 saturated heterocycles. The van der Waals surface area contributed by atoms with Gasteiger partial charge in [0.1, 0.15) is 0 Å². The third kappa shape index (κ3) is 3.54. The van der Waals surface area contributed by atoms with Gasteiger partial charge in [-0.3, -0.25) is 34.6 Å². The summed E-state index contributed by atoms with van der Waals surface area (Å²) in [6, 6.07) is 14.2. The first kappa shape index (κ1) is 20.3. The molecule has 0 unspecified atom stereocenters. The van der Waals surface area contributed by atoms with Crippen LogP contribution in [0.1, 0.15) is 31.1 Å². The fourth-order valence-electron chi connectivity index (χ4n) is 3.21. The smallest absolute Gasteiger partial charge is 0.269 e. The second-order valence-electron chi connectivity index (χ2n) is 6.74. The van der Waals surface area contributed by atoms with Crippen LogP contribution in [-0.4, -0.2) is 27.6 Å². The first-order valence-electron chi connectivity index (χ1n) is 9.09. The van der Waals surface area contributed by atoms with Gasteiger partial charge < -0.3 is 5.32 Å². The maximum absolute atomic E-state index is 12.8. The van der Waals surface area contributed by atoms with E-state index in [1.807, 2.05) is 0 Å². The average molecular weight is 432 g/mol. The summed E-state index contributed by atoms with van der Waals surface area (Å²) in [6.45, 7) is 0. The first-order valence-corrected chi connectivity index (χ1v) is 9.09. The summed E-state index contributed by atoms with van der Waals surface area (Å²) in [5.74, 6) is -1.85. The molecule has 158 valence electrons. The molecule has 4 rings (SSSR count). The minimum absolute atomic E-state index is 0.0182. The SMILES string of the molecule is O=C(Nc1ccc([N+](=O)[O-])cc1)c1ccc2c(c1)C(=O)N(c1ccc([N+](=O)[O-])cc1)C2=O. The Morgan fingerprint density at radius 2 is 1.28 bits per heavy atom. The Labute approximate surface area is 179 Å². The largest absolute Gasteiger partial charge is 0.322 e. The van der Waals surface area contributed by atoms with Gasteiger partial charge in [0.2, 0.25) is 0 Å². The number of fused-ring (bicyclic) bond motifs is 1. The molecule has 1 aliphatic rings. The number of nitrogens with zero attached hydrogens (tertiary/aromatic N) is 3. The van der Waals surface area contributed by atoms with E-state index in [0.29, 0.717) is 5.69 Å². The molecular weight excluding hydrogens is 420 g/mol. The number of anilines is 2. The van der Waals surface area contributed by atoms with E-state index in [1.165, 1.54) is 66.7 Å². The summed E-state index contributed by atoms with van der Waals surface area (Å²) >= 11 is 0. The number of rotatable bonds is 5. The molecule has 1 heterocycles. The molecule has 0 spiro atoms. The molecule has 0 fully saturated rings. The number of non-ortho nitro benzene ring substituents is 2. The van der Waals surface area contributed by atoms with Crippen molar-refractivity contribution in [3.8, 4) is 0 Å². The van der Waals surface area contributed by atoms with Gasteiger partial charge in [-0.25, -0.2) is 4.90 Å². The fourth-order valence-corrected chi connectivity index (χ4v) is 3.21. The maximum atomic E-state index is 12.8. The second-order valence-corrected chi connectivity index (χ2v) is 6.74. The molecule has 11 nitrogen and oxygen atoms in total. The molecule has 0 bridgehead atoms. The molecule has 1 N–H and O–H groups in total. The third-order valence-corrected chi connectivity index (χ3v) is 4.80. The van der Waals surface area contributed by atoms with E-state index in [0.717, 1.165) is 4.90 Å². The summed E-state index contributed by atoms with van der Waals surface area (Å²) in [7, 11) is 0. The molecule has 0 atom stereocenters. The van der Waals surface area contributed by atoms with Crippen LogP contribution in [0.5, 0.6) is 0 Å². The molecule has 32 heavy (non-hydrogen) atoms. The van der Waals surface area contributed by atoms with Gasteiger partial charge in [-0.2, -0.15) is 0 Å². The summed E-state index contributed by atoms with van der Waals surface area (Å²) in [5, 5.41) is 24.1. The zero-order valence-electron chi connectivity index (χ0n) is 16.1. The Morgan fingerprint density at radius 1 is 0.750 bits per heavy atom. The minimum atomic E-state index is -0.663. The number of nitrogens with one attached hydrogen (secondary N) is 1. The molecule has 3 amide bonds. The number of carbonyl (C=O) groups is 3. The van der Waals surface area contributed by atoms with Gasteiger partial charge in [-0.1, -0.05) is 0 Å². The van der Waals surface area contributed by atoms with Crippen molar-refractivity contribution in [2.75, 3.05) is 10.2 Å². The van der Waals surface area contributed by atoms with Gasteiger partial charge in [-0.15, -0.1) is 0 Å². The molecule has 11 heteroatoms. The van der Waals surface area contributed by atoms with Gasteiger partial charge in [0.15, 0.2) is 0 Å². The van der Waals surface area contributed by atoms with E-state index in [2.05, 4.69) is 5.32 Å². The van der Waals surface area contributed by atoms with Crippen LogP contribution in [0, 0.1) is 20.2 Å². The minimum Gasteiger partial charge on any atom is -0.322 e. The maximum Gasteiger partial charge on any atom is 0.269 e. The van der Waals surface area contributed by atoms with Crippen LogP contribution in [-0.2, 0) is 0 Å². The highest BCUT2D eigenvalue weighted by Gasteiger charge is 2.37. The lowest BCUT2D eigenvalue weighted by molar-refractivity contribution is -0.385. The van der Waals surface area contributed by atoms with Crippen LogP contribution in [0.3, 0.4) is 0 Å². The van der Waals surface area contributed by atoms with Crippen LogP contribution in [0.15, 0.2) is 66.7 Å². The van der Waals surface area contributed by atoms with Crippen molar-refractivity contribution in [2.24, 2.45) is 0 Å². The van der Waals surface area contributed by atoms with Gasteiger partial charge >= 0.3 is 0 Å². The number of nitro benzene ring substituents is 2. The quantitative estimate of drug-likeness (QED) is 0.367. The highest BCUT2D eigenvalue weighted by atomic mass is 16.6. The number of nitro groups is 2. The number of hydrogen-bond donors (Lipinski definition) is 1. The van der Waals surface area contributed by atoms with E-state index in [-0.39, 0.29) is 33.8 Å². The Bertz CT molecular complexity index is 1300. The van der Waals surface area contributed by atoms with E-state index in [4.69, 9.17) is 0 Å². The van der Waals surface area contributed by atoms with Crippen molar-refractivity contribution in [1.29, 1.82) is 0 Å². The molecular formula is C21H12N4O7. The van der Waals surface area contributed by atoms with Crippen LogP contribution in [0.25, 0.3) is 0 Å². The Balaban J connectivity index is 1.57. The predicted molar refractivity (Wildman–Crippen MR) is 112 cm³/mol. The van der Waals surface area contributed by atoms with E-state index in [9.17, 15) is 34.6 Å².